The number of ether oxygens (including phenoxy) is 2. The van der Waals surface area contributed by atoms with E-state index in [1.54, 1.807) is 0 Å². The van der Waals surface area contributed by atoms with Crippen molar-refractivity contribution in [3.8, 4) is 0 Å². The molecule has 2 aliphatic rings. The van der Waals surface area contributed by atoms with E-state index in [-0.39, 0.29) is 29.7 Å². The van der Waals surface area contributed by atoms with E-state index in [9.17, 15) is 9.59 Å². The molecule has 0 amide bonds. The molecule has 1 aliphatic heterocycles. The topological polar surface area (TPSA) is 55.9 Å². The van der Waals surface area contributed by atoms with Crippen LogP contribution in [0.5, 0.6) is 0 Å². The highest BCUT2D eigenvalue weighted by Crippen LogP contribution is 2.33. The van der Waals surface area contributed by atoms with Crippen molar-refractivity contribution in [1.82, 2.24) is 0 Å². The number of epoxide rings is 1. The lowest BCUT2D eigenvalue weighted by atomic mass is 9.76. The lowest BCUT2D eigenvalue weighted by Crippen LogP contribution is -2.34. The number of hydrogen-bond acceptors (Lipinski definition) is 4. The summed E-state index contributed by atoms with van der Waals surface area (Å²) in [6, 6.07) is 0. The lowest BCUT2D eigenvalue weighted by Gasteiger charge is -2.28. The third-order valence-corrected chi connectivity index (χ3v) is 4.34. The zero-order valence-electron chi connectivity index (χ0n) is 12.4. The minimum absolute atomic E-state index is 0.114. The molecule has 0 bridgehead atoms. The van der Waals surface area contributed by atoms with Gasteiger partial charge in [0, 0.05) is 12.3 Å². The molecule has 0 spiro atoms. The Morgan fingerprint density at radius 3 is 2.55 bits per heavy atom. The van der Waals surface area contributed by atoms with E-state index in [0.29, 0.717) is 13.0 Å². The first-order valence-corrected chi connectivity index (χ1v) is 8.03. The average Bonchev–Trinajstić information content (AvgIpc) is 3.29. The van der Waals surface area contributed by atoms with Gasteiger partial charge >= 0.3 is 5.97 Å². The van der Waals surface area contributed by atoms with Crippen LogP contribution in [-0.2, 0) is 19.1 Å². The fourth-order valence-corrected chi connectivity index (χ4v) is 2.95. The number of carbonyl (C=O) groups is 2. The molecule has 114 valence electrons. The van der Waals surface area contributed by atoms with E-state index < -0.39 is 0 Å². The normalized spacial score (nSPS) is 28.9. The first kappa shape index (κ1) is 15.5. The standard InChI is InChI=1S/C16H26O4/c1-2-3-10-19-16(18)14-7-5-4-6-13(14)15(17)9-8-12-11-20-12/h12-14H,2-11H2,1H3. The third kappa shape index (κ3) is 4.58. The molecule has 0 aromatic rings. The van der Waals surface area contributed by atoms with Gasteiger partial charge in [0.25, 0.3) is 0 Å². The van der Waals surface area contributed by atoms with Gasteiger partial charge in [-0.3, -0.25) is 9.59 Å². The molecule has 0 aromatic heterocycles. The van der Waals surface area contributed by atoms with E-state index >= 15 is 0 Å². The van der Waals surface area contributed by atoms with Crippen LogP contribution in [-0.4, -0.2) is 31.1 Å². The molecule has 0 aromatic carbocycles. The van der Waals surface area contributed by atoms with Crippen molar-refractivity contribution in [1.29, 1.82) is 0 Å². The maximum atomic E-state index is 12.3. The number of rotatable bonds is 8. The molecule has 1 saturated heterocycles. The third-order valence-electron chi connectivity index (χ3n) is 4.34. The Balaban J connectivity index is 1.82. The Labute approximate surface area is 121 Å². The van der Waals surface area contributed by atoms with Gasteiger partial charge in [-0.15, -0.1) is 0 Å². The van der Waals surface area contributed by atoms with Crippen LogP contribution in [0.15, 0.2) is 0 Å². The van der Waals surface area contributed by atoms with Gasteiger partial charge in [-0.1, -0.05) is 26.2 Å². The summed E-state index contributed by atoms with van der Waals surface area (Å²) in [7, 11) is 0. The number of hydrogen-bond donors (Lipinski definition) is 0. The van der Waals surface area contributed by atoms with E-state index in [1.807, 2.05) is 0 Å². The number of Topliss-reactive ketones (excluding diaryl/α,β-unsaturated/α-hetero) is 1. The van der Waals surface area contributed by atoms with Gasteiger partial charge in [-0.05, 0) is 25.7 Å². The fourth-order valence-electron chi connectivity index (χ4n) is 2.95. The zero-order chi connectivity index (χ0) is 14.4. The molecule has 20 heavy (non-hydrogen) atoms. The molecule has 3 atom stereocenters. The van der Waals surface area contributed by atoms with Gasteiger partial charge in [-0.2, -0.15) is 0 Å². The summed E-state index contributed by atoms with van der Waals surface area (Å²) in [5, 5.41) is 0. The highest BCUT2D eigenvalue weighted by molar-refractivity contribution is 5.87. The second kappa shape index (κ2) is 7.77. The maximum absolute atomic E-state index is 12.3. The summed E-state index contributed by atoms with van der Waals surface area (Å²) in [5.41, 5.74) is 0. The van der Waals surface area contributed by atoms with Crippen LogP contribution in [0, 0.1) is 11.8 Å². The van der Waals surface area contributed by atoms with Gasteiger partial charge in [0.05, 0.1) is 25.2 Å². The van der Waals surface area contributed by atoms with Gasteiger partial charge in [0.2, 0.25) is 0 Å². The summed E-state index contributed by atoms with van der Waals surface area (Å²) < 4.78 is 10.5. The zero-order valence-corrected chi connectivity index (χ0v) is 12.4. The van der Waals surface area contributed by atoms with E-state index in [2.05, 4.69) is 6.92 Å². The predicted octanol–water partition coefficient (Wildman–Crippen LogP) is 2.88. The summed E-state index contributed by atoms with van der Waals surface area (Å²) in [4.78, 5) is 24.5. The van der Waals surface area contributed by atoms with E-state index in [0.717, 1.165) is 51.6 Å². The summed E-state index contributed by atoms with van der Waals surface area (Å²) in [6.45, 7) is 3.35. The van der Waals surface area contributed by atoms with Crippen molar-refractivity contribution in [2.24, 2.45) is 11.8 Å². The van der Waals surface area contributed by atoms with E-state index in [1.165, 1.54) is 0 Å². The number of ketones is 1. The van der Waals surface area contributed by atoms with Crippen LogP contribution in [0.1, 0.15) is 58.3 Å². The monoisotopic (exact) mass is 282 g/mol. The first-order chi connectivity index (χ1) is 9.72. The largest absolute Gasteiger partial charge is 0.465 e. The number of esters is 1. The van der Waals surface area contributed by atoms with Gasteiger partial charge < -0.3 is 9.47 Å². The van der Waals surface area contributed by atoms with Crippen molar-refractivity contribution < 1.29 is 19.1 Å². The molecule has 0 N–H and O–H groups in total. The highest BCUT2D eigenvalue weighted by atomic mass is 16.6. The minimum Gasteiger partial charge on any atom is -0.465 e. The molecule has 4 nitrogen and oxygen atoms in total. The van der Waals surface area contributed by atoms with Crippen LogP contribution in [0.4, 0.5) is 0 Å². The average molecular weight is 282 g/mol. The van der Waals surface area contributed by atoms with E-state index in [4.69, 9.17) is 9.47 Å². The Morgan fingerprint density at radius 1 is 1.20 bits per heavy atom. The second-order valence-electron chi connectivity index (χ2n) is 5.98. The van der Waals surface area contributed by atoms with Gasteiger partial charge in [-0.25, -0.2) is 0 Å². The molecule has 2 fully saturated rings. The number of unbranched alkanes of at least 4 members (excludes halogenated alkanes) is 1. The molecule has 1 saturated carbocycles. The minimum atomic E-state index is -0.201. The second-order valence-corrected chi connectivity index (χ2v) is 5.98. The molecule has 1 heterocycles. The van der Waals surface area contributed by atoms with Crippen molar-refractivity contribution in [2.75, 3.05) is 13.2 Å². The van der Waals surface area contributed by atoms with Crippen molar-refractivity contribution in [3.05, 3.63) is 0 Å². The summed E-state index contributed by atoms with van der Waals surface area (Å²) in [5.74, 6) is -0.235. The molecule has 4 heteroatoms. The lowest BCUT2D eigenvalue weighted by molar-refractivity contribution is -0.154. The van der Waals surface area contributed by atoms with Crippen molar-refractivity contribution >= 4 is 11.8 Å². The molecular weight excluding hydrogens is 256 g/mol. The summed E-state index contributed by atoms with van der Waals surface area (Å²) in [6.07, 6.45) is 7.30. The molecular formula is C16H26O4. The first-order valence-electron chi connectivity index (χ1n) is 8.03. The van der Waals surface area contributed by atoms with Crippen LogP contribution in [0.3, 0.4) is 0 Å². The Morgan fingerprint density at radius 2 is 1.90 bits per heavy atom. The van der Waals surface area contributed by atoms with Crippen LogP contribution < -0.4 is 0 Å². The quantitative estimate of drug-likeness (QED) is 0.390. The Bertz CT molecular complexity index is 335. The van der Waals surface area contributed by atoms with Crippen molar-refractivity contribution in [3.63, 3.8) is 0 Å². The summed E-state index contributed by atoms with van der Waals surface area (Å²) >= 11 is 0. The molecule has 2 rings (SSSR count). The van der Waals surface area contributed by atoms with Gasteiger partial charge in [0.1, 0.15) is 5.78 Å². The van der Waals surface area contributed by atoms with Crippen LogP contribution >= 0.6 is 0 Å². The van der Waals surface area contributed by atoms with Crippen LogP contribution in [0.2, 0.25) is 0 Å². The molecule has 0 radical (unpaired) electrons. The Hall–Kier alpha value is -0.900. The maximum Gasteiger partial charge on any atom is 0.309 e. The number of carbonyl (C=O) groups excluding carboxylic acids is 2. The van der Waals surface area contributed by atoms with Crippen LogP contribution in [0.25, 0.3) is 0 Å². The smallest absolute Gasteiger partial charge is 0.309 e. The highest BCUT2D eigenvalue weighted by Gasteiger charge is 2.37. The Kier molecular flexibility index (Phi) is 6.02. The molecule has 1 aliphatic carbocycles. The van der Waals surface area contributed by atoms with Gasteiger partial charge in [0.15, 0.2) is 0 Å². The fraction of sp³-hybridized carbons (Fsp3) is 0.875. The SMILES string of the molecule is CCCCOC(=O)C1CCCCC1C(=O)CCC1CO1. The predicted molar refractivity (Wildman–Crippen MR) is 75.3 cm³/mol. The molecule has 3 unspecified atom stereocenters. The van der Waals surface area contributed by atoms with Crippen molar-refractivity contribution in [2.45, 2.75) is 64.4 Å².